The first-order valence-electron chi connectivity index (χ1n) is 5.01. The van der Waals surface area contributed by atoms with Crippen molar-refractivity contribution in [3.8, 4) is 0 Å². The van der Waals surface area contributed by atoms with Crippen molar-refractivity contribution < 1.29 is 0 Å². The topological polar surface area (TPSA) is 26.0 Å². The molecule has 13 heavy (non-hydrogen) atoms. The van der Waals surface area contributed by atoms with Crippen molar-refractivity contribution in [1.82, 2.24) is 0 Å². The summed E-state index contributed by atoms with van der Waals surface area (Å²) in [6.07, 6.45) is 2.57. The third-order valence-corrected chi connectivity index (χ3v) is 4.34. The molecule has 0 aromatic carbocycles. The van der Waals surface area contributed by atoms with Crippen molar-refractivity contribution in [3.63, 3.8) is 0 Å². The summed E-state index contributed by atoms with van der Waals surface area (Å²) in [5, 5.41) is 0. The second-order valence-corrected chi connectivity index (χ2v) is 5.39. The van der Waals surface area contributed by atoms with Crippen LogP contribution >= 0.6 is 11.3 Å². The first-order chi connectivity index (χ1) is 6.22. The Morgan fingerprint density at radius 3 is 3.08 bits per heavy atom. The molecule has 0 amide bonds. The largest absolute Gasteiger partial charge is 0.330 e. The van der Waals surface area contributed by atoms with E-state index in [9.17, 15) is 0 Å². The van der Waals surface area contributed by atoms with E-state index >= 15 is 0 Å². The second kappa shape index (κ2) is 3.43. The van der Waals surface area contributed by atoms with Crippen LogP contribution in [0.1, 0.15) is 34.6 Å². The van der Waals surface area contributed by atoms with E-state index in [0.29, 0.717) is 5.92 Å². The van der Waals surface area contributed by atoms with Gasteiger partial charge in [0.1, 0.15) is 0 Å². The first-order valence-corrected chi connectivity index (χ1v) is 5.83. The third kappa shape index (κ3) is 1.53. The Labute approximate surface area is 84.0 Å². The van der Waals surface area contributed by atoms with Crippen molar-refractivity contribution in [2.45, 2.75) is 32.6 Å². The van der Waals surface area contributed by atoms with Crippen LogP contribution in [-0.2, 0) is 6.42 Å². The number of thiophene rings is 1. The monoisotopic (exact) mass is 195 g/mol. The molecule has 1 aliphatic rings. The van der Waals surface area contributed by atoms with Crippen LogP contribution in [0, 0.1) is 12.8 Å². The molecular formula is C11H17NS. The molecule has 2 heteroatoms. The highest BCUT2D eigenvalue weighted by Gasteiger charge is 2.26. The molecule has 1 nitrogen and oxygen atoms in total. The normalized spacial score (nSPS) is 27.3. The van der Waals surface area contributed by atoms with E-state index in [1.807, 2.05) is 11.3 Å². The van der Waals surface area contributed by atoms with Crippen molar-refractivity contribution in [1.29, 1.82) is 0 Å². The van der Waals surface area contributed by atoms with Gasteiger partial charge in [-0.2, -0.15) is 0 Å². The molecule has 0 radical (unpaired) electrons. The van der Waals surface area contributed by atoms with Gasteiger partial charge in [-0.3, -0.25) is 0 Å². The van der Waals surface area contributed by atoms with Crippen LogP contribution < -0.4 is 5.73 Å². The lowest BCUT2D eigenvalue weighted by atomic mass is 9.81. The highest BCUT2D eigenvalue weighted by atomic mass is 32.1. The molecule has 1 aromatic heterocycles. The van der Waals surface area contributed by atoms with E-state index in [1.54, 1.807) is 10.4 Å². The Kier molecular flexibility index (Phi) is 2.43. The Bertz CT molecular complexity index is 303. The zero-order valence-corrected chi connectivity index (χ0v) is 9.16. The van der Waals surface area contributed by atoms with Gasteiger partial charge in [-0.15, -0.1) is 11.3 Å². The van der Waals surface area contributed by atoms with Gasteiger partial charge in [0.15, 0.2) is 0 Å². The van der Waals surface area contributed by atoms with Gasteiger partial charge in [0.2, 0.25) is 0 Å². The van der Waals surface area contributed by atoms with Crippen molar-refractivity contribution >= 4 is 11.3 Å². The number of nitrogens with two attached hydrogens (primary N) is 1. The van der Waals surface area contributed by atoms with Crippen LogP contribution in [0.15, 0.2) is 6.07 Å². The molecular weight excluding hydrogens is 178 g/mol. The maximum atomic E-state index is 5.82. The number of hydrogen-bond donors (Lipinski definition) is 1. The molecule has 2 atom stereocenters. The number of hydrogen-bond acceptors (Lipinski definition) is 2. The number of fused-ring (bicyclic) bond motifs is 1. The van der Waals surface area contributed by atoms with Gasteiger partial charge in [-0.1, -0.05) is 6.92 Å². The molecule has 1 heterocycles. The standard InChI is InChI=1S/C11H17NS/c1-7-3-4-9-5-8(2)13-11(9)10(7)6-12/h5,7,10H,3-4,6,12H2,1-2H3. The zero-order valence-electron chi connectivity index (χ0n) is 8.34. The van der Waals surface area contributed by atoms with Crippen LogP contribution in [0.3, 0.4) is 0 Å². The first kappa shape index (κ1) is 9.22. The van der Waals surface area contributed by atoms with Crippen molar-refractivity contribution in [3.05, 3.63) is 21.4 Å². The van der Waals surface area contributed by atoms with E-state index in [1.165, 1.54) is 17.7 Å². The number of aryl methyl sites for hydroxylation is 2. The summed E-state index contributed by atoms with van der Waals surface area (Å²) < 4.78 is 0. The average Bonchev–Trinajstić information content (AvgIpc) is 2.45. The Morgan fingerprint density at radius 1 is 1.62 bits per heavy atom. The van der Waals surface area contributed by atoms with Crippen molar-refractivity contribution in [2.24, 2.45) is 11.7 Å². The van der Waals surface area contributed by atoms with Gasteiger partial charge in [0, 0.05) is 22.2 Å². The summed E-state index contributed by atoms with van der Waals surface area (Å²) in [6.45, 7) is 5.34. The fourth-order valence-corrected chi connectivity index (χ4v) is 3.60. The lowest BCUT2D eigenvalue weighted by molar-refractivity contribution is 0.415. The lowest BCUT2D eigenvalue weighted by Gasteiger charge is -2.27. The molecule has 0 aliphatic heterocycles. The average molecular weight is 195 g/mol. The van der Waals surface area contributed by atoms with Crippen LogP contribution in [0.25, 0.3) is 0 Å². The van der Waals surface area contributed by atoms with Gasteiger partial charge < -0.3 is 5.73 Å². The Morgan fingerprint density at radius 2 is 2.38 bits per heavy atom. The summed E-state index contributed by atoms with van der Waals surface area (Å²) in [6, 6.07) is 2.34. The molecule has 0 spiro atoms. The second-order valence-electron chi connectivity index (χ2n) is 4.10. The van der Waals surface area contributed by atoms with E-state index in [0.717, 1.165) is 12.5 Å². The fraction of sp³-hybridized carbons (Fsp3) is 0.636. The summed E-state index contributed by atoms with van der Waals surface area (Å²) in [7, 11) is 0. The SMILES string of the molecule is Cc1cc2c(s1)C(CN)C(C)CC2. The van der Waals surface area contributed by atoms with Gasteiger partial charge >= 0.3 is 0 Å². The molecule has 2 rings (SSSR count). The minimum atomic E-state index is 0.627. The van der Waals surface area contributed by atoms with Gasteiger partial charge in [-0.25, -0.2) is 0 Å². The summed E-state index contributed by atoms with van der Waals surface area (Å²) in [4.78, 5) is 3.01. The fourth-order valence-electron chi connectivity index (χ4n) is 2.28. The highest BCUT2D eigenvalue weighted by molar-refractivity contribution is 7.12. The van der Waals surface area contributed by atoms with Crippen LogP contribution in [0.4, 0.5) is 0 Å². The van der Waals surface area contributed by atoms with E-state index in [2.05, 4.69) is 19.9 Å². The van der Waals surface area contributed by atoms with Crippen LogP contribution in [0.2, 0.25) is 0 Å². The molecule has 2 N–H and O–H groups in total. The summed E-state index contributed by atoms with van der Waals surface area (Å²) in [5.74, 6) is 1.40. The molecule has 1 aromatic rings. The third-order valence-electron chi connectivity index (χ3n) is 3.11. The Hall–Kier alpha value is -0.340. The van der Waals surface area contributed by atoms with E-state index < -0.39 is 0 Å². The lowest BCUT2D eigenvalue weighted by Crippen LogP contribution is -2.23. The molecule has 0 fully saturated rings. The minimum Gasteiger partial charge on any atom is -0.330 e. The maximum absolute atomic E-state index is 5.82. The highest BCUT2D eigenvalue weighted by Crippen LogP contribution is 2.40. The molecule has 0 bridgehead atoms. The van der Waals surface area contributed by atoms with Crippen LogP contribution in [-0.4, -0.2) is 6.54 Å². The van der Waals surface area contributed by atoms with E-state index in [-0.39, 0.29) is 0 Å². The molecule has 72 valence electrons. The maximum Gasteiger partial charge on any atom is 0.0126 e. The predicted molar refractivity (Wildman–Crippen MR) is 58.3 cm³/mol. The molecule has 1 aliphatic carbocycles. The van der Waals surface area contributed by atoms with Gasteiger partial charge in [0.25, 0.3) is 0 Å². The number of rotatable bonds is 1. The zero-order chi connectivity index (χ0) is 9.42. The van der Waals surface area contributed by atoms with E-state index in [4.69, 9.17) is 5.73 Å². The van der Waals surface area contributed by atoms with Crippen molar-refractivity contribution in [2.75, 3.05) is 6.54 Å². The van der Waals surface area contributed by atoms with Crippen LogP contribution in [0.5, 0.6) is 0 Å². The smallest absolute Gasteiger partial charge is 0.0126 e. The predicted octanol–water partition coefficient (Wildman–Crippen LogP) is 2.68. The van der Waals surface area contributed by atoms with Gasteiger partial charge in [-0.05, 0) is 37.3 Å². The molecule has 0 saturated carbocycles. The summed E-state index contributed by atoms with van der Waals surface area (Å²) in [5.41, 5.74) is 7.39. The summed E-state index contributed by atoms with van der Waals surface area (Å²) >= 11 is 1.95. The molecule has 2 unspecified atom stereocenters. The minimum absolute atomic E-state index is 0.627. The Balaban J connectivity index is 2.38. The molecule has 0 saturated heterocycles. The van der Waals surface area contributed by atoms with Gasteiger partial charge in [0.05, 0.1) is 0 Å². The quantitative estimate of drug-likeness (QED) is 0.732.